The maximum absolute atomic E-state index is 11.9. The summed E-state index contributed by atoms with van der Waals surface area (Å²) in [6.07, 6.45) is 0.430. The van der Waals surface area contributed by atoms with Gasteiger partial charge in [-0.15, -0.1) is 11.3 Å². The molecule has 0 fully saturated rings. The van der Waals surface area contributed by atoms with Gasteiger partial charge in [0, 0.05) is 19.0 Å². The van der Waals surface area contributed by atoms with Crippen LogP contribution in [0.5, 0.6) is 0 Å². The minimum atomic E-state index is 0.0201. The molecule has 2 aromatic rings. The summed E-state index contributed by atoms with van der Waals surface area (Å²) in [6.45, 7) is 0. The lowest BCUT2D eigenvalue weighted by molar-refractivity contribution is -0.115. The van der Waals surface area contributed by atoms with Crippen molar-refractivity contribution < 1.29 is 4.79 Å². The minimum absolute atomic E-state index is 0.0201. The first kappa shape index (κ1) is 12.6. The monoisotopic (exact) mass is 260 g/mol. The minimum Gasteiger partial charge on any atom is -0.376 e. The number of anilines is 2. The molecule has 1 heterocycles. The van der Waals surface area contributed by atoms with E-state index in [4.69, 9.17) is 0 Å². The van der Waals surface area contributed by atoms with Crippen molar-refractivity contribution >= 4 is 28.6 Å². The molecule has 0 bridgehead atoms. The molecule has 1 aromatic carbocycles. The van der Waals surface area contributed by atoms with Crippen molar-refractivity contribution in [3.63, 3.8) is 0 Å². The molecule has 18 heavy (non-hydrogen) atoms. The third-order valence-electron chi connectivity index (χ3n) is 2.57. The molecule has 0 spiro atoms. The molecule has 1 N–H and O–H groups in total. The van der Waals surface area contributed by atoms with Gasteiger partial charge in [-0.05, 0) is 23.6 Å². The Morgan fingerprint density at radius 2 is 2.00 bits per heavy atom. The first-order chi connectivity index (χ1) is 8.66. The zero-order valence-corrected chi connectivity index (χ0v) is 11.3. The van der Waals surface area contributed by atoms with Gasteiger partial charge in [-0.2, -0.15) is 0 Å². The lowest BCUT2D eigenvalue weighted by Crippen LogP contribution is -2.17. The molecular formula is C14H16N2OS. The number of nitrogens with zero attached hydrogens (tertiary/aromatic N) is 1. The Labute approximate surface area is 111 Å². The van der Waals surface area contributed by atoms with Gasteiger partial charge in [-0.25, -0.2) is 0 Å². The fraction of sp³-hybridized carbons (Fsp3) is 0.214. The average Bonchev–Trinajstić information content (AvgIpc) is 2.82. The molecule has 0 atom stereocenters. The molecule has 0 saturated carbocycles. The highest BCUT2D eigenvalue weighted by atomic mass is 32.1. The van der Waals surface area contributed by atoms with Crippen LogP contribution in [0.4, 0.5) is 11.4 Å². The third-order valence-corrected chi connectivity index (χ3v) is 3.45. The topological polar surface area (TPSA) is 32.3 Å². The molecular weight excluding hydrogens is 244 g/mol. The molecule has 0 aliphatic heterocycles. The van der Waals surface area contributed by atoms with Gasteiger partial charge in [0.15, 0.2) is 0 Å². The predicted octanol–water partition coefficient (Wildman–Crippen LogP) is 3.00. The van der Waals surface area contributed by atoms with Crippen LogP contribution >= 0.6 is 11.3 Å². The number of hydrogen-bond donors (Lipinski definition) is 1. The fourth-order valence-corrected chi connectivity index (χ4v) is 2.44. The number of carbonyl (C=O) groups is 1. The fourth-order valence-electron chi connectivity index (χ4n) is 1.74. The largest absolute Gasteiger partial charge is 0.376 e. The molecule has 0 aliphatic carbocycles. The molecule has 0 radical (unpaired) electrons. The van der Waals surface area contributed by atoms with E-state index in [9.17, 15) is 4.79 Å². The number of carbonyl (C=O) groups excluding carboxylic acids is 1. The van der Waals surface area contributed by atoms with Gasteiger partial charge in [-0.3, -0.25) is 4.79 Å². The van der Waals surface area contributed by atoms with Crippen LogP contribution in [-0.4, -0.2) is 20.0 Å². The Kier molecular flexibility index (Phi) is 3.99. The molecule has 94 valence electrons. The summed E-state index contributed by atoms with van der Waals surface area (Å²) in [5.41, 5.74) is 1.86. The maximum atomic E-state index is 11.9. The molecule has 4 heteroatoms. The number of amides is 1. The molecule has 0 unspecified atom stereocenters. The van der Waals surface area contributed by atoms with Crippen LogP contribution < -0.4 is 10.2 Å². The van der Waals surface area contributed by atoms with Crippen molar-refractivity contribution in [1.82, 2.24) is 0 Å². The van der Waals surface area contributed by atoms with Gasteiger partial charge in [0.25, 0.3) is 0 Å². The molecule has 1 aromatic heterocycles. The van der Waals surface area contributed by atoms with Gasteiger partial charge < -0.3 is 10.2 Å². The van der Waals surface area contributed by atoms with Crippen molar-refractivity contribution in [3.8, 4) is 0 Å². The molecule has 0 saturated heterocycles. The van der Waals surface area contributed by atoms with Crippen molar-refractivity contribution in [2.24, 2.45) is 0 Å². The second-order valence-corrected chi connectivity index (χ2v) is 5.25. The summed E-state index contributed by atoms with van der Waals surface area (Å²) < 4.78 is 0. The van der Waals surface area contributed by atoms with E-state index in [0.717, 1.165) is 16.3 Å². The Morgan fingerprint density at radius 1 is 1.22 bits per heavy atom. The molecule has 0 aliphatic rings. The highest BCUT2D eigenvalue weighted by Gasteiger charge is 2.08. The highest BCUT2D eigenvalue weighted by molar-refractivity contribution is 7.10. The van der Waals surface area contributed by atoms with Gasteiger partial charge in [0.05, 0.1) is 17.8 Å². The summed E-state index contributed by atoms with van der Waals surface area (Å²) in [5.74, 6) is 0.0201. The highest BCUT2D eigenvalue weighted by Crippen LogP contribution is 2.23. The van der Waals surface area contributed by atoms with Crippen molar-refractivity contribution in [2.75, 3.05) is 24.3 Å². The quantitative estimate of drug-likeness (QED) is 0.916. The Bertz CT molecular complexity index is 520. The van der Waals surface area contributed by atoms with Crippen LogP contribution in [0.1, 0.15) is 4.88 Å². The number of hydrogen-bond acceptors (Lipinski definition) is 3. The number of benzene rings is 1. The molecule has 3 nitrogen and oxygen atoms in total. The first-order valence-corrected chi connectivity index (χ1v) is 6.63. The summed E-state index contributed by atoms with van der Waals surface area (Å²) in [7, 11) is 3.93. The second-order valence-electron chi connectivity index (χ2n) is 4.22. The van der Waals surface area contributed by atoms with Crippen LogP contribution in [0.3, 0.4) is 0 Å². The summed E-state index contributed by atoms with van der Waals surface area (Å²) in [5, 5.41) is 4.94. The van der Waals surface area contributed by atoms with Crippen LogP contribution in [0.15, 0.2) is 41.8 Å². The van der Waals surface area contributed by atoms with E-state index in [1.807, 2.05) is 60.8 Å². The second kappa shape index (κ2) is 5.69. The Hall–Kier alpha value is -1.81. The molecule has 2 rings (SSSR count). The van der Waals surface area contributed by atoms with Gasteiger partial charge in [-0.1, -0.05) is 18.2 Å². The van der Waals surface area contributed by atoms with Crippen LogP contribution in [0.25, 0.3) is 0 Å². The van der Waals surface area contributed by atoms with Gasteiger partial charge >= 0.3 is 0 Å². The van der Waals surface area contributed by atoms with E-state index in [0.29, 0.717) is 6.42 Å². The van der Waals surface area contributed by atoms with Crippen LogP contribution in [0.2, 0.25) is 0 Å². The summed E-state index contributed by atoms with van der Waals surface area (Å²) in [6, 6.07) is 11.7. The Morgan fingerprint density at radius 3 is 2.67 bits per heavy atom. The van der Waals surface area contributed by atoms with Gasteiger partial charge in [0.2, 0.25) is 5.91 Å². The van der Waals surface area contributed by atoms with Crippen molar-refractivity contribution in [2.45, 2.75) is 6.42 Å². The number of thiophene rings is 1. The standard InChI is InChI=1S/C14H16N2OS/c1-16(2)13-8-4-3-7-12(13)15-14(17)10-11-6-5-9-18-11/h3-9H,10H2,1-2H3,(H,15,17). The zero-order valence-electron chi connectivity index (χ0n) is 10.5. The van der Waals surface area contributed by atoms with E-state index < -0.39 is 0 Å². The summed E-state index contributed by atoms with van der Waals surface area (Å²) in [4.78, 5) is 15.0. The van der Waals surface area contributed by atoms with Gasteiger partial charge in [0.1, 0.15) is 0 Å². The predicted molar refractivity (Wildman–Crippen MR) is 77.4 cm³/mol. The molecule has 1 amide bonds. The normalized spacial score (nSPS) is 10.1. The lowest BCUT2D eigenvalue weighted by atomic mass is 10.2. The van der Waals surface area contributed by atoms with E-state index in [1.54, 1.807) is 11.3 Å². The zero-order chi connectivity index (χ0) is 13.0. The summed E-state index contributed by atoms with van der Waals surface area (Å²) >= 11 is 1.60. The van der Waals surface area contributed by atoms with Crippen molar-refractivity contribution in [1.29, 1.82) is 0 Å². The maximum Gasteiger partial charge on any atom is 0.229 e. The number of nitrogens with one attached hydrogen (secondary N) is 1. The number of rotatable bonds is 4. The van der Waals surface area contributed by atoms with Crippen LogP contribution in [-0.2, 0) is 11.2 Å². The lowest BCUT2D eigenvalue weighted by Gasteiger charge is -2.17. The average molecular weight is 260 g/mol. The smallest absolute Gasteiger partial charge is 0.229 e. The van der Waals surface area contributed by atoms with Crippen LogP contribution in [0, 0.1) is 0 Å². The van der Waals surface area contributed by atoms with E-state index in [1.165, 1.54) is 0 Å². The van der Waals surface area contributed by atoms with E-state index >= 15 is 0 Å². The Balaban J connectivity index is 2.07. The van der Waals surface area contributed by atoms with E-state index in [2.05, 4.69) is 5.32 Å². The van der Waals surface area contributed by atoms with E-state index in [-0.39, 0.29) is 5.91 Å². The number of para-hydroxylation sites is 2. The van der Waals surface area contributed by atoms with Crippen molar-refractivity contribution in [3.05, 3.63) is 46.7 Å². The SMILES string of the molecule is CN(C)c1ccccc1NC(=O)Cc1cccs1. The third kappa shape index (κ3) is 3.11. The first-order valence-electron chi connectivity index (χ1n) is 5.75.